The van der Waals surface area contributed by atoms with Crippen LogP contribution in [0.1, 0.15) is 41.8 Å². The van der Waals surface area contributed by atoms with Gasteiger partial charge in [0.2, 0.25) is 0 Å². The number of hydrogen-bond donors (Lipinski definition) is 0. The first-order chi connectivity index (χ1) is 15.4. The summed E-state index contributed by atoms with van der Waals surface area (Å²) in [6.07, 6.45) is 1.50. The summed E-state index contributed by atoms with van der Waals surface area (Å²) < 4.78 is 16.1. The first-order valence-electron chi connectivity index (χ1n) is 10.6. The first kappa shape index (κ1) is 24.1. The van der Waals surface area contributed by atoms with Crippen molar-refractivity contribution in [2.24, 2.45) is 5.92 Å². The van der Waals surface area contributed by atoms with Gasteiger partial charge in [-0.2, -0.15) is 0 Å². The maximum atomic E-state index is 12.9. The van der Waals surface area contributed by atoms with Gasteiger partial charge in [-0.05, 0) is 31.9 Å². The van der Waals surface area contributed by atoms with E-state index in [1.54, 1.807) is 31.1 Å². The van der Waals surface area contributed by atoms with Gasteiger partial charge < -0.3 is 23.7 Å². The molecule has 32 heavy (non-hydrogen) atoms. The van der Waals surface area contributed by atoms with Crippen LogP contribution in [0.15, 0.2) is 27.8 Å². The lowest BCUT2D eigenvalue weighted by Gasteiger charge is -2.30. The molecule has 0 saturated carbocycles. The average Bonchev–Trinajstić information content (AvgIpc) is 3.26. The number of piperidine rings is 1. The van der Waals surface area contributed by atoms with Crippen molar-refractivity contribution in [1.82, 2.24) is 14.9 Å². The molecule has 0 spiro atoms. The number of amides is 1. The number of aromatic nitrogens is 2. The van der Waals surface area contributed by atoms with Gasteiger partial charge in [0.15, 0.2) is 10.9 Å². The number of anilines is 1. The molecule has 0 radical (unpaired) electrons. The summed E-state index contributed by atoms with van der Waals surface area (Å²) in [4.78, 5) is 37.6. The van der Waals surface area contributed by atoms with Crippen molar-refractivity contribution < 1.29 is 23.5 Å². The highest BCUT2D eigenvalue weighted by Crippen LogP contribution is 2.25. The molecular weight excluding hydrogens is 432 g/mol. The number of likely N-dealkylation sites (tertiary alicyclic amines) is 1. The summed E-state index contributed by atoms with van der Waals surface area (Å²) >= 11 is 1.43. The molecule has 0 N–H and O–H groups in total. The quantitative estimate of drug-likeness (QED) is 0.316. The van der Waals surface area contributed by atoms with Gasteiger partial charge >= 0.3 is 5.97 Å². The van der Waals surface area contributed by atoms with Gasteiger partial charge in [0.25, 0.3) is 5.91 Å². The number of carbonyl (C=O) groups excluding carboxylic acids is 2. The number of furan rings is 1. The highest BCUT2D eigenvalue weighted by Gasteiger charge is 2.31. The summed E-state index contributed by atoms with van der Waals surface area (Å²) in [6, 6.07) is 5.36. The smallest absolute Gasteiger partial charge is 0.310 e. The summed E-state index contributed by atoms with van der Waals surface area (Å²) in [7, 11) is 5.47. The van der Waals surface area contributed by atoms with E-state index in [1.165, 1.54) is 11.8 Å². The SMILES string of the molecule is CCOC(=O)C1CCCN(C(=O)c2ccc(CSc3nc(COC)cc(N(C)C)n3)o2)C1. The highest BCUT2D eigenvalue weighted by molar-refractivity contribution is 7.98. The topological polar surface area (TPSA) is 98.0 Å². The van der Waals surface area contributed by atoms with Crippen molar-refractivity contribution in [2.75, 3.05) is 45.8 Å². The maximum absolute atomic E-state index is 12.9. The minimum Gasteiger partial charge on any atom is -0.466 e. The Kier molecular flexibility index (Phi) is 8.52. The van der Waals surface area contributed by atoms with Crippen LogP contribution in [0, 0.1) is 5.92 Å². The van der Waals surface area contributed by atoms with E-state index in [4.69, 9.17) is 13.9 Å². The Morgan fingerprint density at radius 1 is 1.31 bits per heavy atom. The Balaban J connectivity index is 1.62. The number of ether oxygens (including phenoxy) is 2. The fraction of sp³-hybridized carbons (Fsp3) is 0.545. The molecule has 174 valence electrons. The van der Waals surface area contributed by atoms with Crippen LogP contribution in [0.25, 0.3) is 0 Å². The molecule has 3 rings (SSSR count). The van der Waals surface area contributed by atoms with Crippen molar-refractivity contribution in [2.45, 2.75) is 37.3 Å². The van der Waals surface area contributed by atoms with Gasteiger partial charge in [-0.25, -0.2) is 9.97 Å². The number of hydrogen-bond acceptors (Lipinski definition) is 9. The summed E-state index contributed by atoms with van der Waals surface area (Å²) in [5.74, 6) is 1.49. The number of esters is 1. The zero-order valence-electron chi connectivity index (χ0n) is 19.0. The van der Waals surface area contributed by atoms with Crippen LogP contribution in [-0.4, -0.2) is 67.6 Å². The van der Waals surface area contributed by atoms with Crippen LogP contribution >= 0.6 is 11.8 Å². The van der Waals surface area contributed by atoms with E-state index < -0.39 is 0 Å². The second-order valence-corrected chi connectivity index (χ2v) is 8.67. The minimum absolute atomic E-state index is 0.205. The van der Waals surface area contributed by atoms with Crippen LogP contribution in [0.4, 0.5) is 5.82 Å². The molecule has 0 aliphatic carbocycles. The van der Waals surface area contributed by atoms with Gasteiger partial charge in [0, 0.05) is 40.4 Å². The Hall–Kier alpha value is -2.59. The molecule has 0 aromatic carbocycles. The van der Waals surface area contributed by atoms with E-state index in [9.17, 15) is 9.59 Å². The number of rotatable bonds is 9. The lowest BCUT2D eigenvalue weighted by Crippen LogP contribution is -2.42. The minimum atomic E-state index is -0.278. The molecule has 1 atom stereocenters. The molecule has 3 heterocycles. The van der Waals surface area contributed by atoms with Crippen LogP contribution in [0.5, 0.6) is 0 Å². The van der Waals surface area contributed by atoms with Gasteiger partial charge in [-0.1, -0.05) is 11.8 Å². The number of carbonyl (C=O) groups is 2. The summed E-state index contributed by atoms with van der Waals surface area (Å²) in [5, 5.41) is 0.612. The third kappa shape index (κ3) is 6.23. The number of thioether (sulfide) groups is 1. The predicted molar refractivity (Wildman–Crippen MR) is 121 cm³/mol. The van der Waals surface area contributed by atoms with E-state index in [0.717, 1.165) is 24.4 Å². The Labute approximate surface area is 192 Å². The Bertz CT molecular complexity index is 933. The van der Waals surface area contributed by atoms with Crippen molar-refractivity contribution in [3.63, 3.8) is 0 Å². The number of methoxy groups -OCH3 is 1. The van der Waals surface area contributed by atoms with Gasteiger partial charge in [-0.15, -0.1) is 0 Å². The molecule has 2 aromatic rings. The van der Waals surface area contributed by atoms with Crippen molar-refractivity contribution in [3.05, 3.63) is 35.4 Å². The van der Waals surface area contributed by atoms with Gasteiger partial charge in [0.1, 0.15) is 11.6 Å². The van der Waals surface area contributed by atoms with Crippen molar-refractivity contribution in [3.8, 4) is 0 Å². The predicted octanol–water partition coefficient (Wildman–Crippen LogP) is 2.99. The molecule has 2 aromatic heterocycles. The fourth-order valence-electron chi connectivity index (χ4n) is 3.45. The Morgan fingerprint density at radius 2 is 2.12 bits per heavy atom. The monoisotopic (exact) mass is 462 g/mol. The van der Waals surface area contributed by atoms with Gasteiger partial charge in [0.05, 0.1) is 30.6 Å². The molecule has 0 bridgehead atoms. The molecule has 10 heteroatoms. The highest BCUT2D eigenvalue weighted by atomic mass is 32.2. The van der Waals surface area contributed by atoms with Crippen LogP contribution in [0.2, 0.25) is 0 Å². The second-order valence-electron chi connectivity index (χ2n) is 7.72. The first-order valence-corrected chi connectivity index (χ1v) is 11.6. The molecule has 1 amide bonds. The summed E-state index contributed by atoms with van der Waals surface area (Å²) in [5.41, 5.74) is 0.797. The van der Waals surface area contributed by atoms with E-state index in [2.05, 4.69) is 9.97 Å². The lowest BCUT2D eigenvalue weighted by molar-refractivity contribution is -0.149. The second kappa shape index (κ2) is 11.3. The van der Waals surface area contributed by atoms with Gasteiger partial charge in [-0.3, -0.25) is 9.59 Å². The van der Waals surface area contributed by atoms with Crippen molar-refractivity contribution in [1.29, 1.82) is 0 Å². The van der Waals surface area contributed by atoms with E-state index in [0.29, 0.717) is 43.0 Å². The number of nitrogens with zero attached hydrogens (tertiary/aromatic N) is 4. The lowest BCUT2D eigenvalue weighted by atomic mass is 9.98. The summed E-state index contributed by atoms with van der Waals surface area (Å²) in [6.45, 7) is 3.49. The third-order valence-electron chi connectivity index (χ3n) is 5.04. The molecule has 1 saturated heterocycles. The molecule has 1 aliphatic rings. The van der Waals surface area contributed by atoms with Crippen LogP contribution in [-0.2, 0) is 26.6 Å². The molecule has 1 fully saturated rings. The van der Waals surface area contributed by atoms with Crippen LogP contribution in [0.3, 0.4) is 0 Å². The fourth-order valence-corrected chi connectivity index (χ4v) is 4.22. The van der Waals surface area contributed by atoms with E-state index >= 15 is 0 Å². The van der Waals surface area contributed by atoms with E-state index in [1.807, 2.05) is 25.1 Å². The molecular formula is C22H30N4O5S. The Morgan fingerprint density at radius 3 is 2.84 bits per heavy atom. The van der Waals surface area contributed by atoms with E-state index in [-0.39, 0.29) is 23.6 Å². The standard InChI is InChI=1S/C22H30N4O5S/c1-5-30-21(28)15-7-6-10-26(12-15)20(27)18-9-8-17(31-18)14-32-22-23-16(13-29-4)11-19(24-22)25(2)3/h8-9,11,15H,5-7,10,12-14H2,1-4H3. The zero-order chi connectivity index (χ0) is 23.1. The average molecular weight is 463 g/mol. The zero-order valence-corrected chi connectivity index (χ0v) is 19.8. The largest absolute Gasteiger partial charge is 0.466 e. The van der Waals surface area contributed by atoms with Crippen LogP contribution < -0.4 is 4.90 Å². The maximum Gasteiger partial charge on any atom is 0.310 e. The normalized spacial score (nSPS) is 16.1. The molecule has 1 aliphatic heterocycles. The third-order valence-corrected chi connectivity index (χ3v) is 5.91. The molecule has 9 nitrogen and oxygen atoms in total. The van der Waals surface area contributed by atoms with Crippen molar-refractivity contribution >= 4 is 29.5 Å². The molecule has 1 unspecified atom stereocenters.